The van der Waals surface area contributed by atoms with Crippen LogP contribution in [0.3, 0.4) is 0 Å². The third-order valence-corrected chi connectivity index (χ3v) is 5.33. The summed E-state index contributed by atoms with van der Waals surface area (Å²) in [6.45, 7) is 0. The van der Waals surface area contributed by atoms with Gasteiger partial charge in [-0.15, -0.1) is 0 Å². The summed E-state index contributed by atoms with van der Waals surface area (Å²) in [5.74, 6) is -0.232. The van der Waals surface area contributed by atoms with E-state index in [1.165, 1.54) is 11.5 Å². The predicted octanol–water partition coefficient (Wildman–Crippen LogP) is 2.27. The number of imidazole rings is 1. The summed E-state index contributed by atoms with van der Waals surface area (Å²) in [6.07, 6.45) is 5.20. The maximum Gasteiger partial charge on any atom is 0.230 e. The van der Waals surface area contributed by atoms with Gasteiger partial charge in [0.2, 0.25) is 15.7 Å². The second-order valence-corrected chi connectivity index (χ2v) is 7.31. The first-order valence-electron chi connectivity index (χ1n) is 7.31. The van der Waals surface area contributed by atoms with Crippen molar-refractivity contribution in [3.63, 3.8) is 0 Å². The largest absolute Gasteiger partial charge is 0.326 e. The van der Waals surface area contributed by atoms with Crippen LogP contribution < -0.4 is 5.32 Å². The molecule has 1 aliphatic rings. The van der Waals surface area contributed by atoms with E-state index in [1.807, 2.05) is 28.8 Å². The second kappa shape index (κ2) is 5.31. The molecule has 7 heteroatoms. The van der Waals surface area contributed by atoms with E-state index in [-0.39, 0.29) is 17.2 Å². The molecule has 1 aromatic carbocycles. The van der Waals surface area contributed by atoms with Gasteiger partial charge in [-0.2, -0.15) is 0 Å². The zero-order valence-corrected chi connectivity index (χ0v) is 13.3. The Balaban J connectivity index is 1.55. The molecule has 6 nitrogen and oxygen atoms in total. The van der Waals surface area contributed by atoms with Crippen LogP contribution in [0.4, 0.5) is 5.69 Å². The first-order chi connectivity index (χ1) is 11.5. The Morgan fingerprint density at radius 1 is 1.21 bits per heavy atom. The molecule has 0 bridgehead atoms. The molecular weight excluding hydrogens is 326 g/mol. The number of anilines is 1. The van der Waals surface area contributed by atoms with Gasteiger partial charge in [-0.3, -0.25) is 4.79 Å². The monoisotopic (exact) mass is 339 g/mol. The minimum Gasteiger partial charge on any atom is -0.326 e. The van der Waals surface area contributed by atoms with Gasteiger partial charge in [-0.05, 0) is 35.9 Å². The number of fused-ring (bicyclic) bond motifs is 2. The number of nitrogens with zero attached hydrogens (tertiary/aromatic N) is 2. The van der Waals surface area contributed by atoms with Gasteiger partial charge in [0, 0.05) is 23.5 Å². The summed E-state index contributed by atoms with van der Waals surface area (Å²) < 4.78 is 25.6. The van der Waals surface area contributed by atoms with E-state index in [0.717, 1.165) is 11.3 Å². The highest BCUT2D eigenvalue weighted by Gasteiger charge is 2.21. The standard InChI is InChI=1S/C17H13N3O3S/c21-17(10-14-11-18-16-3-1-2-7-20(14)16)19-13-5-4-12-6-8-24(22,23)15(12)9-13/h1-9,11H,10H2,(H,19,21). The second-order valence-electron chi connectivity index (χ2n) is 5.50. The van der Waals surface area contributed by atoms with Gasteiger partial charge in [0.1, 0.15) is 5.65 Å². The summed E-state index contributed by atoms with van der Waals surface area (Å²) in [5.41, 5.74) is 2.63. The van der Waals surface area contributed by atoms with Crippen LogP contribution >= 0.6 is 0 Å². The summed E-state index contributed by atoms with van der Waals surface area (Å²) in [7, 11) is -3.39. The van der Waals surface area contributed by atoms with Crippen molar-refractivity contribution >= 4 is 33.2 Å². The van der Waals surface area contributed by atoms with Crippen molar-refractivity contribution in [2.24, 2.45) is 0 Å². The molecule has 3 aromatic rings. The smallest absolute Gasteiger partial charge is 0.230 e. The Labute approximate surface area is 138 Å². The predicted molar refractivity (Wildman–Crippen MR) is 90.2 cm³/mol. The zero-order chi connectivity index (χ0) is 16.7. The zero-order valence-electron chi connectivity index (χ0n) is 12.5. The molecule has 0 unspecified atom stereocenters. The Morgan fingerprint density at radius 2 is 2.08 bits per heavy atom. The van der Waals surface area contributed by atoms with Gasteiger partial charge >= 0.3 is 0 Å². The van der Waals surface area contributed by atoms with E-state index in [2.05, 4.69) is 10.3 Å². The fourth-order valence-corrected chi connectivity index (χ4v) is 3.95. The molecule has 0 saturated carbocycles. The van der Waals surface area contributed by atoms with E-state index in [0.29, 0.717) is 11.3 Å². The van der Waals surface area contributed by atoms with E-state index >= 15 is 0 Å². The summed E-state index contributed by atoms with van der Waals surface area (Å²) in [5, 5.41) is 3.91. The van der Waals surface area contributed by atoms with Crippen molar-refractivity contribution in [3.05, 3.63) is 65.5 Å². The molecule has 1 N–H and O–H groups in total. The quantitative estimate of drug-likeness (QED) is 0.794. The van der Waals surface area contributed by atoms with Gasteiger partial charge in [0.15, 0.2) is 0 Å². The number of carbonyl (C=O) groups excluding carboxylic acids is 1. The fraction of sp³-hybridized carbons (Fsp3) is 0.0588. The maximum absolute atomic E-state index is 12.3. The third-order valence-electron chi connectivity index (χ3n) is 3.87. The molecule has 1 aliphatic heterocycles. The number of rotatable bonds is 3. The van der Waals surface area contributed by atoms with Crippen LogP contribution in [0.2, 0.25) is 0 Å². The van der Waals surface area contributed by atoms with Crippen LogP contribution in [0, 0.1) is 0 Å². The molecule has 120 valence electrons. The lowest BCUT2D eigenvalue weighted by Crippen LogP contribution is -2.15. The molecular formula is C17H13N3O3S. The normalized spacial score (nSPS) is 14.7. The lowest BCUT2D eigenvalue weighted by molar-refractivity contribution is -0.115. The third kappa shape index (κ3) is 2.48. The highest BCUT2D eigenvalue weighted by Crippen LogP contribution is 2.29. The van der Waals surface area contributed by atoms with Crippen LogP contribution in [0.5, 0.6) is 0 Å². The Morgan fingerprint density at radius 3 is 2.96 bits per heavy atom. The number of benzene rings is 1. The number of hydrogen-bond donors (Lipinski definition) is 1. The molecule has 3 heterocycles. The summed E-state index contributed by atoms with van der Waals surface area (Å²) >= 11 is 0. The molecule has 4 rings (SSSR count). The van der Waals surface area contributed by atoms with Crippen molar-refractivity contribution in [1.82, 2.24) is 9.38 Å². The molecule has 0 atom stereocenters. The number of pyridine rings is 1. The van der Waals surface area contributed by atoms with Crippen molar-refractivity contribution in [2.75, 3.05) is 5.32 Å². The van der Waals surface area contributed by atoms with Gasteiger partial charge in [0.05, 0.1) is 17.0 Å². The average Bonchev–Trinajstić information content (AvgIpc) is 3.09. The number of aromatic nitrogens is 2. The van der Waals surface area contributed by atoms with Gasteiger partial charge < -0.3 is 9.72 Å². The first kappa shape index (κ1) is 14.6. The molecule has 0 radical (unpaired) electrons. The molecule has 1 amide bonds. The Bertz CT molecular complexity index is 1100. The number of sulfone groups is 1. The Hall–Kier alpha value is -2.93. The first-order valence-corrected chi connectivity index (χ1v) is 8.86. The fourth-order valence-electron chi connectivity index (χ4n) is 2.72. The lowest BCUT2D eigenvalue weighted by atomic mass is 10.2. The molecule has 0 spiro atoms. The van der Waals surface area contributed by atoms with Crippen LogP contribution in [0.15, 0.2) is 59.1 Å². The molecule has 2 aromatic heterocycles. The van der Waals surface area contributed by atoms with Crippen molar-refractivity contribution in [2.45, 2.75) is 11.3 Å². The summed E-state index contributed by atoms with van der Waals surface area (Å²) in [6, 6.07) is 10.5. The molecule has 0 fully saturated rings. The number of carbonyl (C=O) groups is 1. The van der Waals surface area contributed by atoms with E-state index in [1.54, 1.807) is 24.4 Å². The van der Waals surface area contributed by atoms with Crippen LogP contribution in [-0.2, 0) is 21.1 Å². The number of nitrogens with one attached hydrogen (secondary N) is 1. The van der Waals surface area contributed by atoms with Crippen molar-refractivity contribution in [1.29, 1.82) is 0 Å². The average molecular weight is 339 g/mol. The minimum atomic E-state index is -3.39. The van der Waals surface area contributed by atoms with Crippen LogP contribution in [0.1, 0.15) is 11.3 Å². The Kier molecular flexibility index (Phi) is 3.24. The number of hydrogen-bond acceptors (Lipinski definition) is 4. The lowest BCUT2D eigenvalue weighted by Gasteiger charge is -2.07. The van der Waals surface area contributed by atoms with E-state index in [9.17, 15) is 13.2 Å². The topological polar surface area (TPSA) is 80.5 Å². The van der Waals surface area contributed by atoms with Crippen LogP contribution in [-0.4, -0.2) is 23.7 Å². The van der Waals surface area contributed by atoms with Gasteiger partial charge in [-0.1, -0.05) is 12.1 Å². The highest BCUT2D eigenvalue weighted by molar-refractivity contribution is 7.94. The van der Waals surface area contributed by atoms with E-state index in [4.69, 9.17) is 0 Å². The van der Waals surface area contributed by atoms with Crippen molar-refractivity contribution in [3.8, 4) is 0 Å². The molecule has 0 aliphatic carbocycles. The molecule has 24 heavy (non-hydrogen) atoms. The van der Waals surface area contributed by atoms with Crippen molar-refractivity contribution < 1.29 is 13.2 Å². The molecule has 0 saturated heterocycles. The summed E-state index contributed by atoms with van der Waals surface area (Å²) in [4.78, 5) is 16.7. The highest BCUT2D eigenvalue weighted by atomic mass is 32.2. The maximum atomic E-state index is 12.3. The number of amides is 1. The minimum absolute atomic E-state index is 0.146. The van der Waals surface area contributed by atoms with Gasteiger partial charge in [-0.25, -0.2) is 13.4 Å². The van der Waals surface area contributed by atoms with Gasteiger partial charge in [0.25, 0.3) is 0 Å². The van der Waals surface area contributed by atoms with Crippen LogP contribution in [0.25, 0.3) is 11.7 Å². The van der Waals surface area contributed by atoms with E-state index < -0.39 is 9.84 Å². The SMILES string of the molecule is O=C(Cc1cnc2ccccn12)Nc1ccc2c(c1)S(=O)(=O)C=C2.